The molecule has 2 saturated heterocycles. The molecule has 0 aromatic heterocycles. The zero-order chi connectivity index (χ0) is 18.4. The molecule has 0 N–H and O–H groups in total. The van der Waals surface area contributed by atoms with Gasteiger partial charge in [-0.2, -0.15) is 0 Å². The second-order valence-corrected chi connectivity index (χ2v) is 8.27. The zero-order valence-electron chi connectivity index (χ0n) is 17.0. The molecule has 0 unspecified atom stereocenters. The molecule has 0 bridgehead atoms. The second kappa shape index (κ2) is 9.72. The highest BCUT2D eigenvalue weighted by atomic mass is 16.5. The van der Waals surface area contributed by atoms with Crippen LogP contribution in [0.2, 0.25) is 0 Å². The van der Waals surface area contributed by atoms with Crippen molar-refractivity contribution >= 4 is 5.69 Å². The lowest BCUT2D eigenvalue weighted by Gasteiger charge is -2.40. The van der Waals surface area contributed by atoms with Crippen molar-refractivity contribution in [2.45, 2.75) is 38.6 Å². The highest BCUT2D eigenvalue weighted by Gasteiger charge is 2.26. The smallest absolute Gasteiger partial charge is 0.0589 e. The Labute approximate surface area is 160 Å². The molecule has 0 atom stereocenters. The van der Waals surface area contributed by atoms with Crippen LogP contribution in [0.5, 0.6) is 0 Å². The maximum absolute atomic E-state index is 5.21. The average molecular weight is 360 g/mol. The number of likely N-dealkylation sites (tertiary alicyclic amines) is 1. The third kappa shape index (κ3) is 5.45. The van der Waals surface area contributed by atoms with E-state index in [1.54, 1.807) is 7.11 Å². The summed E-state index contributed by atoms with van der Waals surface area (Å²) in [4.78, 5) is 7.77. The van der Waals surface area contributed by atoms with Crippen LogP contribution in [0, 0.1) is 12.8 Å². The molecule has 2 heterocycles. The summed E-state index contributed by atoms with van der Waals surface area (Å²) in [6.45, 7) is 10.3. The predicted octanol–water partition coefficient (Wildman–Crippen LogP) is 3.25. The second-order valence-electron chi connectivity index (χ2n) is 8.27. The molecule has 4 nitrogen and oxygen atoms in total. The third-order valence-corrected chi connectivity index (χ3v) is 6.32. The van der Waals surface area contributed by atoms with Gasteiger partial charge in [-0.05, 0) is 76.4 Å². The molecule has 0 saturated carbocycles. The number of piperidine rings is 2. The molecule has 146 valence electrons. The molecular formula is C22H37N3O. The Morgan fingerprint density at radius 1 is 1.08 bits per heavy atom. The fourth-order valence-electron chi connectivity index (χ4n) is 4.56. The van der Waals surface area contributed by atoms with E-state index in [2.05, 4.69) is 52.9 Å². The van der Waals surface area contributed by atoms with E-state index < -0.39 is 0 Å². The fraction of sp³-hybridized carbons (Fsp3) is 0.727. The van der Waals surface area contributed by atoms with Crippen molar-refractivity contribution in [3.8, 4) is 0 Å². The topological polar surface area (TPSA) is 19.0 Å². The van der Waals surface area contributed by atoms with Gasteiger partial charge >= 0.3 is 0 Å². The van der Waals surface area contributed by atoms with Crippen LogP contribution < -0.4 is 4.90 Å². The van der Waals surface area contributed by atoms with Crippen LogP contribution in [0.3, 0.4) is 0 Å². The number of rotatable bonds is 7. The largest absolute Gasteiger partial charge is 0.383 e. The van der Waals surface area contributed by atoms with Crippen LogP contribution in [-0.2, 0) is 4.74 Å². The van der Waals surface area contributed by atoms with Gasteiger partial charge < -0.3 is 19.4 Å². The zero-order valence-corrected chi connectivity index (χ0v) is 17.0. The van der Waals surface area contributed by atoms with Crippen molar-refractivity contribution in [1.82, 2.24) is 9.80 Å². The van der Waals surface area contributed by atoms with Gasteiger partial charge in [0.25, 0.3) is 0 Å². The van der Waals surface area contributed by atoms with Gasteiger partial charge in [-0.3, -0.25) is 0 Å². The summed E-state index contributed by atoms with van der Waals surface area (Å²) in [7, 11) is 4.15. The number of hydrogen-bond acceptors (Lipinski definition) is 4. The Morgan fingerprint density at radius 2 is 1.81 bits per heavy atom. The minimum absolute atomic E-state index is 0.752. The summed E-state index contributed by atoms with van der Waals surface area (Å²) in [6.07, 6.45) is 5.26. The minimum Gasteiger partial charge on any atom is -0.383 e. The molecule has 0 amide bonds. The molecule has 1 aromatic carbocycles. The van der Waals surface area contributed by atoms with E-state index in [9.17, 15) is 0 Å². The Hall–Kier alpha value is -1.10. The summed E-state index contributed by atoms with van der Waals surface area (Å²) in [5.74, 6) is 0.869. The summed E-state index contributed by atoms with van der Waals surface area (Å²) in [5.41, 5.74) is 2.76. The van der Waals surface area contributed by atoms with E-state index in [1.165, 1.54) is 69.7 Å². The Morgan fingerprint density at radius 3 is 2.46 bits per heavy atom. The lowest BCUT2D eigenvalue weighted by Crippen LogP contribution is -2.46. The lowest BCUT2D eigenvalue weighted by atomic mass is 9.94. The van der Waals surface area contributed by atoms with E-state index >= 15 is 0 Å². The third-order valence-electron chi connectivity index (χ3n) is 6.32. The van der Waals surface area contributed by atoms with Crippen molar-refractivity contribution < 1.29 is 4.74 Å². The Balaban J connectivity index is 1.39. The summed E-state index contributed by atoms with van der Waals surface area (Å²) in [6, 6.07) is 9.70. The standard InChI is InChI=1S/C22H37N3O/c1-19-5-4-6-22(17-19)25-13-9-21(10-14-25)23(2)18-20-7-11-24(12-8-20)15-16-26-3/h4-6,17,20-21H,7-16,18H2,1-3H3. The van der Waals surface area contributed by atoms with Crippen LogP contribution in [0.1, 0.15) is 31.2 Å². The van der Waals surface area contributed by atoms with E-state index in [1.807, 2.05) is 0 Å². The van der Waals surface area contributed by atoms with Crippen molar-refractivity contribution in [2.24, 2.45) is 5.92 Å². The van der Waals surface area contributed by atoms with Crippen LogP contribution in [0.15, 0.2) is 24.3 Å². The minimum atomic E-state index is 0.752. The van der Waals surface area contributed by atoms with Gasteiger partial charge in [-0.15, -0.1) is 0 Å². The van der Waals surface area contributed by atoms with Crippen molar-refractivity contribution in [2.75, 3.05) is 64.9 Å². The van der Waals surface area contributed by atoms with Crippen molar-refractivity contribution in [3.05, 3.63) is 29.8 Å². The van der Waals surface area contributed by atoms with E-state index in [0.29, 0.717) is 0 Å². The van der Waals surface area contributed by atoms with Gasteiger partial charge in [0.2, 0.25) is 0 Å². The molecular weight excluding hydrogens is 322 g/mol. The first-order valence-electron chi connectivity index (χ1n) is 10.4. The van der Waals surface area contributed by atoms with Gasteiger partial charge in [0.1, 0.15) is 0 Å². The van der Waals surface area contributed by atoms with Gasteiger partial charge in [0.15, 0.2) is 0 Å². The molecule has 1 aromatic rings. The van der Waals surface area contributed by atoms with Gasteiger partial charge in [0.05, 0.1) is 6.61 Å². The van der Waals surface area contributed by atoms with Crippen molar-refractivity contribution in [3.63, 3.8) is 0 Å². The maximum Gasteiger partial charge on any atom is 0.0589 e. The Bertz CT molecular complexity index is 534. The first-order valence-corrected chi connectivity index (χ1v) is 10.4. The number of hydrogen-bond donors (Lipinski definition) is 0. The molecule has 0 spiro atoms. The average Bonchev–Trinajstić information content (AvgIpc) is 2.67. The summed E-state index contributed by atoms with van der Waals surface area (Å²) in [5, 5.41) is 0. The monoisotopic (exact) mass is 359 g/mol. The van der Waals surface area contributed by atoms with E-state index in [-0.39, 0.29) is 0 Å². The predicted molar refractivity (Wildman–Crippen MR) is 110 cm³/mol. The SMILES string of the molecule is COCCN1CCC(CN(C)C2CCN(c3cccc(C)c3)CC2)CC1. The molecule has 2 aliphatic heterocycles. The molecule has 3 rings (SSSR count). The number of ether oxygens (including phenoxy) is 1. The molecule has 0 aliphatic carbocycles. The normalized spacial score (nSPS) is 20.8. The summed E-state index contributed by atoms with van der Waals surface area (Å²) >= 11 is 0. The number of benzene rings is 1. The fourth-order valence-corrected chi connectivity index (χ4v) is 4.56. The van der Waals surface area contributed by atoms with Crippen molar-refractivity contribution in [1.29, 1.82) is 0 Å². The summed E-state index contributed by atoms with van der Waals surface area (Å²) < 4.78 is 5.21. The number of methoxy groups -OCH3 is 1. The van der Waals surface area contributed by atoms with Crippen LogP contribution in [-0.4, -0.2) is 75.9 Å². The highest BCUT2D eigenvalue weighted by Crippen LogP contribution is 2.25. The van der Waals surface area contributed by atoms with E-state index in [4.69, 9.17) is 4.74 Å². The van der Waals surface area contributed by atoms with E-state index in [0.717, 1.165) is 25.1 Å². The molecule has 2 fully saturated rings. The van der Waals surface area contributed by atoms with Gasteiger partial charge in [-0.1, -0.05) is 12.1 Å². The quantitative estimate of drug-likeness (QED) is 0.744. The first kappa shape index (κ1) is 19.7. The van der Waals surface area contributed by atoms with Crippen LogP contribution in [0.4, 0.5) is 5.69 Å². The maximum atomic E-state index is 5.21. The number of nitrogens with zero attached hydrogens (tertiary/aromatic N) is 3. The Kier molecular flexibility index (Phi) is 7.35. The first-order chi connectivity index (χ1) is 12.7. The molecule has 26 heavy (non-hydrogen) atoms. The van der Waals surface area contributed by atoms with Gasteiger partial charge in [-0.25, -0.2) is 0 Å². The van der Waals surface area contributed by atoms with Gasteiger partial charge in [0, 0.05) is 45.0 Å². The van der Waals surface area contributed by atoms with Crippen LogP contribution >= 0.6 is 0 Å². The number of aryl methyl sites for hydroxylation is 1. The molecule has 0 radical (unpaired) electrons. The highest BCUT2D eigenvalue weighted by molar-refractivity contribution is 5.48. The number of anilines is 1. The lowest BCUT2D eigenvalue weighted by molar-refractivity contribution is 0.0998. The van der Waals surface area contributed by atoms with Crippen LogP contribution in [0.25, 0.3) is 0 Å². The molecule has 2 aliphatic rings. The molecule has 4 heteroatoms.